The number of halogens is 28. The van der Waals surface area contributed by atoms with Gasteiger partial charge in [0.25, 0.3) is 22.9 Å². The Labute approximate surface area is 271 Å². The fourth-order valence-corrected chi connectivity index (χ4v) is 5.31. The van der Waals surface area contributed by atoms with Crippen LogP contribution in [0.15, 0.2) is 23.8 Å². The second kappa shape index (κ2) is 11.0. The van der Waals surface area contributed by atoms with E-state index >= 15 is 52.7 Å². The predicted octanol–water partition coefficient (Wildman–Crippen LogP) is 8.38. The van der Waals surface area contributed by atoms with Crippen LogP contribution in [0.5, 0.6) is 0 Å². The van der Waals surface area contributed by atoms with Crippen molar-refractivity contribution in [3.05, 3.63) is 23.8 Å². The normalized spacial score (nSPS) is 32.8. The maximum Gasteiger partial charge on any atom is 0.496 e. The lowest BCUT2D eigenvalue weighted by Gasteiger charge is -2.76. The van der Waals surface area contributed by atoms with E-state index in [1.807, 2.05) is 9.47 Å². The van der Waals surface area contributed by atoms with Crippen molar-refractivity contribution in [2.75, 3.05) is 0 Å². The Bertz CT molecular complexity index is 1540. The number of carbonyl (C=O) groups is 2. The minimum Gasteiger partial charge on any atom is -0.389 e. The van der Waals surface area contributed by atoms with E-state index in [1.165, 1.54) is 9.47 Å². The molecule has 312 valence electrons. The van der Waals surface area contributed by atoms with Gasteiger partial charge in [-0.15, -0.1) is 0 Å². The first-order valence-electron chi connectivity index (χ1n) is 11.8. The van der Waals surface area contributed by atoms with Crippen molar-refractivity contribution in [2.24, 2.45) is 0 Å². The Morgan fingerprint density at radius 3 is 0.778 bits per heavy atom. The van der Waals surface area contributed by atoms with Crippen molar-refractivity contribution in [2.45, 2.75) is 82.5 Å². The minimum atomic E-state index is -9.53. The molecule has 0 aromatic rings. The summed E-state index contributed by atoms with van der Waals surface area (Å²) < 4.78 is 409. The van der Waals surface area contributed by atoms with Gasteiger partial charge in [0, 0.05) is 0 Å². The quantitative estimate of drug-likeness (QED) is 0.125. The zero-order valence-electron chi connectivity index (χ0n) is 23.0. The van der Waals surface area contributed by atoms with Crippen LogP contribution in [0.3, 0.4) is 0 Å². The highest BCUT2D eigenvalue weighted by Gasteiger charge is 3.24. The highest BCUT2D eigenvalue weighted by Crippen LogP contribution is 2.89. The molecule has 4 aliphatic rings. The van der Waals surface area contributed by atoms with Gasteiger partial charge < -0.3 is 9.47 Å². The van der Waals surface area contributed by atoms with E-state index in [0.717, 1.165) is 0 Å². The van der Waals surface area contributed by atoms with Crippen molar-refractivity contribution in [3.63, 3.8) is 0 Å². The Balaban J connectivity index is 2.57. The summed E-state index contributed by atoms with van der Waals surface area (Å²) in [6.07, 6.45) is -41.9. The molecule has 0 saturated heterocycles. The van der Waals surface area contributed by atoms with Crippen LogP contribution in [0.2, 0.25) is 0 Å². The number of rotatable bonds is 10. The Hall–Kier alpha value is -3.62. The highest BCUT2D eigenvalue weighted by molar-refractivity contribution is 5.86. The molecule has 0 radical (unpaired) electrons. The largest absolute Gasteiger partial charge is 0.496 e. The Morgan fingerprint density at radius 1 is 0.352 bits per heavy atom. The lowest BCUT2D eigenvalue weighted by Crippen LogP contribution is -3.11. The molecular formula is C20F28O6. The summed E-state index contributed by atoms with van der Waals surface area (Å²) >= 11 is 0. The molecule has 0 unspecified atom stereocenters. The molecule has 0 heterocycles. The fourth-order valence-electron chi connectivity index (χ4n) is 5.31. The van der Waals surface area contributed by atoms with Gasteiger partial charge in [0.05, 0.1) is 0 Å². The zero-order chi connectivity index (χ0) is 43.3. The summed E-state index contributed by atoms with van der Waals surface area (Å²) in [6, 6.07) is 0. The number of esters is 2. The van der Waals surface area contributed by atoms with E-state index in [2.05, 4.69) is 0 Å². The summed E-state index contributed by atoms with van der Waals surface area (Å²) in [5.41, 5.74) is -36.9. The number of hydrogen-bond donors (Lipinski definition) is 0. The summed E-state index contributed by atoms with van der Waals surface area (Å²) in [5, 5.41) is 0. The predicted molar refractivity (Wildman–Crippen MR) is 97.7 cm³/mol. The maximum atomic E-state index is 15.8. The van der Waals surface area contributed by atoms with E-state index in [-0.39, 0.29) is 0 Å². The number of alkyl halides is 22. The molecule has 0 aliphatic heterocycles. The summed E-state index contributed by atoms with van der Waals surface area (Å²) in [7, 11) is 0. The van der Waals surface area contributed by atoms with Gasteiger partial charge in [0.2, 0.25) is 0 Å². The average molecular weight is 868 g/mol. The molecular weight excluding hydrogens is 868 g/mol. The van der Waals surface area contributed by atoms with Gasteiger partial charge in [0.1, 0.15) is 0 Å². The van der Waals surface area contributed by atoms with Gasteiger partial charge >= 0.3 is 95.4 Å². The summed E-state index contributed by atoms with van der Waals surface area (Å²) in [4.78, 5) is 21.7. The van der Waals surface area contributed by atoms with Crippen LogP contribution in [-0.2, 0) is 28.5 Å². The van der Waals surface area contributed by atoms with Gasteiger partial charge in [-0.1, -0.05) is 0 Å². The first-order chi connectivity index (χ1) is 23.4. The molecule has 4 saturated carbocycles. The van der Waals surface area contributed by atoms with Gasteiger partial charge in [-0.3, -0.25) is 9.47 Å². The second-order valence-corrected chi connectivity index (χ2v) is 10.3. The summed E-state index contributed by atoms with van der Waals surface area (Å²) in [5.74, 6) is -72.5. The van der Waals surface area contributed by atoms with Crippen molar-refractivity contribution >= 4 is 11.9 Å². The van der Waals surface area contributed by atoms with Crippen LogP contribution in [0.4, 0.5) is 123 Å². The lowest BCUT2D eigenvalue weighted by molar-refractivity contribution is -0.658. The Morgan fingerprint density at radius 2 is 0.574 bits per heavy atom. The first-order valence-corrected chi connectivity index (χ1v) is 11.8. The van der Waals surface area contributed by atoms with Gasteiger partial charge in [-0.05, 0) is 0 Å². The van der Waals surface area contributed by atoms with Gasteiger partial charge in [-0.25, -0.2) is 18.4 Å². The van der Waals surface area contributed by atoms with E-state index in [0.29, 0.717) is 0 Å². The van der Waals surface area contributed by atoms with Crippen LogP contribution < -0.4 is 0 Å². The molecule has 0 atom stereocenters. The molecule has 0 spiro atoms. The molecule has 4 fully saturated rings. The summed E-state index contributed by atoms with van der Waals surface area (Å²) in [6.45, 7) is 0. The molecule has 0 aromatic heterocycles. The zero-order valence-corrected chi connectivity index (χ0v) is 23.0. The lowest BCUT2D eigenvalue weighted by atomic mass is 9.39. The van der Waals surface area contributed by atoms with E-state index < -0.39 is 118 Å². The van der Waals surface area contributed by atoms with Crippen LogP contribution in [-0.4, -0.2) is 94.4 Å². The van der Waals surface area contributed by atoms with Crippen molar-refractivity contribution < 1.29 is 151 Å². The third kappa shape index (κ3) is 4.22. The van der Waals surface area contributed by atoms with E-state index in [4.69, 9.17) is 0 Å². The number of ether oxygens (including phenoxy) is 4. The number of carbonyl (C=O) groups excluding carboxylic acids is 2. The van der Waals surface area contributed by atoms with E-state index in [9.17, 15) is 79.8 Å². The van der Waals surface area contributed by atoms with Crippen LogP contribution in [0, 0.1) is 0 Å². The van der Waals surface area contributed by atoms with Crippen molar-refractivity contribution in [1.29, 1.82) is 0 Å². The molecule has 0 aromatic carbocycles. The van der Waals surface area contributed by atoms with Crippen LogP contribution >= 0.6 is 0 Å². The molecule has 4 bridgehead atoms. The topological polar surface area (TPSA) is 71.1 Å². The third-order valence-corrected chi connectivity index (χ3v) is 7.62. The average Bonchev–Trinajstić information content (AvgIpc) is 2.96. The van der Waals surface area contributed by atoms with Crippen molar-refractivity contribution in [3.8, 4) is 0 Å². The van der Waals surface area contributed by atoms with Crippen LogP contribution in [0.25, 0.3) is 0 Å². The number of hydrogen-bond acceptors (Lipinski definition) is 6. The molecule has 0 amide bonds. The Kier molecular flexibility index (Phi) is 9.14. The van der Waals surface area contributed by atoms with Crippen LogP contribution in [0.1, 0.15) is 0 Å². The smallest absolute Gasteiger partial charge is 0.389 e. The highest BCUT2D eigenvalue weighted by atomic mass is 19.4. The molecule has 6 nitrogen and oxygen atoms in total. The molecule has 0 N–H and O–H groups in total. The third-order valence-electron chi connectivity index (χ3n) is 7.62. The monoisotopic (exact) mass is 868 g/mol. The molecule has 4 rings (SSSR count). The van der Waals surface area contributed by atoms with Gasteiger partial charge in [-0.2, -0.15) is 114 Å². The van der Waals surface area contributed by atoms with E-state index in [1.54, 1.807) is 0 Å². The molecule has 4 aliphatic carbocycles. The second-order valence-electron chi connectivity index (χ2n) is 10.3. The fraction of sp³-hybridized carbons (Fsp3) is 0.700. The standard InChI is InChI=1S/C20F28O6/c21-1(3(23)24)5(49)51-17(41,42)19(45,46)53-9-12(31,32)7(27)11(29,30)8(28,13(9,33)34)15(37,38)10(14(7,35)36,16(9,39)40)54-20(47,48)18(43,44)52-6(50)2(22)4(25)26. The molecule has 54 heavy (non-hydrogen) atoms. The minimum absolute atomic E-state index is 1.49. The van der Waals surface area contributed by atoms with Crippen molar-refractivity contribution in [1.82, 2.24) is 0 Å². The molecule has 34 heteroatoms. The SMILES string of the molecule is O=C(OC(F)(F)C(F)(F)OC12C(F)(F)C3(F)C(F)(F)C(F)(C1(F)F)C(F)(F)C(OC(F)(F)C(F)(F)OC(=O)C(F)=C(F)F)(C3(F)F)C2(F)F)C(F)=C(F)F. The van der Waals surface area contributed by atoms with Gasteiger partial charge in [0.15, 0.2) is 0 Å². The first kappa shape index (κ1) is 44.8. The maximum absolute atomic E-state index is 15.8.